The predicted molar refractivity (Wildman–Crippen MR) is 80.0 cm³/mol. The van der Waals surface area contributed by atoms with E-state index < -0.39 is 5.97 Å². The van der Waals surface area contributed by atoms with Crippen molar-refractivity contribution in [1.82, 2.24) is 4.57 Å². The van der Waals surface area contributed by atoms with Crippen LogP contribution in [0, 0.1) is 9.49 Å². The van der Waals surface area contributed by atoms with E-state index in [9.17, 15) is 9.90 Å². The van der Waals surface area contributed by atoms with Gasteiger partial charge < -0.3 is 9.67 Å². The first-order chi connectivity index (χ1) is 8.63. The van der Waals surface area contributed by atoms with E-state index in [4.69, 9.17) is 0 Å². The second kappa shape index (κ2) is 6.08. The van der Waals surface area contributed by atoms with Crippen LogP contribution >= 0.6 is 22.6 Å². The van der Waals surface area contributed by atoms with Gasteiger partial charge in [0, 0.05) is 15.8 Å². The third kappa shape index (κ3) is 2.90. The Balaban J connectivity index is 2.28. The number of nitrogens with zero attached hydrogens (tertiary/aromatic N) is 1. The van der Waals surface area contributed by atoms with Gasteiger partial charge in [0.2, 0.25) is 0 Å². The largest absolute Gasteiger partial charge is 0.477 e. The minimum atomic E-state index is -0.813. The van der Waals surface area contributed by atoms with E-state index in [0.717, 1.165) is 9.99 Å². The summed E-state index contributed by atoms with van der Waals surface area (Å²) in [6, 6.07) is 2.12. The molecule has 1 fully saturated rings. The Kier molecular flexibility index (Phi) is 4.70. The Hall–Kier alpha value is -0.520. The van der Waals surface area contributed by atoms with Crippen molar-refractivity contribution < 1.29 is 9.90 Å². The molecule has 1 heterocycles. The molecule has 1 aliphatic carbocycles. The molecule has 0 spiro atoms. The van der Waals surface area contributed by atoms with Crippen LogP contribution in [-0.4, -0.2) is 15.6 Å². The maximum atomic E-state index is 11.3. The third-order valence-electron chi connectivity index (χ3n) is 4.00. The highest BCUT2D eigenvalue weighted by molar-refractivity contribution is 14.1. The average molecular weight is 361 g/mol. The van der Waals surface area contributed by atoms with Gasteiger partial charge in [-0.2, -0.15) is 0 Å². The van der Waals surface area contributed by atoms with Crippen LogP contribution in [0.2, 0.25) is 0 Å². The van der Waals surface area contributed by atoms with Crippen molar-refractivity contribution in [1.29, 1.82) is 0 Å². The van der Waals surface area contributed by atoms with E-state index in [1.165, 1.54) is 32.1 Å². The first-order valence-corrected chi connectivity index (χ1v) is 7.82. The highest BCUT2D eigenvalue weighted by Crippen LogP contribution is 2.36. The average Bonchev–Trinajstić information content (AvgIpc) is 2.74. The lowest BCUT2D eigenvalue weighted by Gasteiger charge is -2.31. The predicted octanol–water partition coefficient (Wildman–Crippen LogP) is 4.32. The van der Waals surface area contributed by atoms with Gasteiger partial charge >= 0.3 is 5.97 Å². The molecule has 0 radical (unpaired) electrons. The maximum Gasteiger partial charge on any atom is 0.352 e. The lowest BCUT2D eigenvalue weighted by molar-refractivity contribution is 0.0678. The van der Waals surface area contributed by atoms with E-state index in [-0.39, 0.29) is 0 Å². The first-order valence-electron chi connectivity index (χ1n) is 6.74. The van der Waals surface area contributed by atoms with Gasteiger partial charge in [0.1, 0.15) is 5.69 Å². The fourth-order valence-corrected chi connectivity index (χ4v) is 3.76. The van der Waals surface area contributed by atoms with Crippen molar-refractivity contribution in [2.24, 2.45) is 5.92 Å². The molecule has 0 saturated heterocycles. The first kappa shape index (κ1) is 13.9. The van der Waals surface area contributed by atoms with Crippen LogP contribution in [-0.2, 0) is 0 Å². The molecule has 100 valence electrons. The molecule has 1 N–H and O–H groups in total. The monoisotopic (exact) mass is 361 g/mol. The van der Waals surface area contributed by atoms with Crippen molar-refractivity contribution in [2.75, 3.05) is 0 Å². The topological polar surface area (TPSA) is 42.2 Å². The number of carboxylic acid groups (broad SMARTS) is 1. The van der Waals surface area contributed by atoms with Crippen LogP contribution in [0.15, 0.2) is 12.3 Å². The summed E-state index contributed by atoms with van der Waals surface area (Å²) in [4.78, 5) is 11.3. The van der Waals surface area contributed by atoms with Crippen LogP contribution in [0.3, 0.4) is 0 Å². The molecule has 3 nitrogen and oxygen atoms in total. The van der Waals surface area contributed by atoms with E-state index in [1.54, 1.807) is 6.07 Å². The molecule has 4 heteroatoms. The molecule has 0 bridgehead atoms. The second-order valence-electron chi connectivity index (χ2n) is 5.13. The van der Waals surface area contributed by atoms with Crippen LogP contribution < -0.4 is 0 Å². The molecule has 2 rings (SSSR count). The molecular formula is C14H20INO2. The summed E-state index contributed by atoms with van der Waals surface area (Å²) in [5.41, 5.74) is 0.442. The van der Waals surface area contributed by atoms with E-state index in [0.29, 0.717) is 17.7 Å². The zero-order chi connectivity index (χ0) is 13.1. The van der Waals surface area contributed by atoms with Gasteiger partial charge in [0.05, 0.1) is 0 Å². The van der Waals surface area contributed by atoms with Gasteiger partial charge in [-0.25, -0.2) is 4.79 Å². The standard InChI is InChI=1S/C14H20INO2/c1-2-12(10-6-4-3-5-7-10)16-9-11(15)8-13(16)14(17)18/h8-10,12H,2-7H2,1H3,(H,17,18). The zero-order valence-electron chi connectivity index (χ0n) is 10.7. The van der Waals surface area contributed by atoms with Gasteiger partial charge in [0.25, 0.3) is 0 Å². The lowest BCUT2D eigenvalue weighted by Crippen LogP contribution is -2.23. The molecule has 18 heavy (non-hydrogen) atoms. The fraction of sp³-hybridized carbons (Fsp3) is 0.643. The van der Waals surface area contributed by atoms with E-state index in [2.05, 4.69) is 29.5 Å². The molecule has 1 aromatic rings. The Morgan fingerprint density at radius 2 is 2.17 bits per heavy atom. The Morgan fingerprint density at radius 3 is 2.72 bits per heavy atom. The van der Waals surface area contributed by atoms with Crippen LogP contribution in [0.5, 0.6) is 0 Å². The normalized spacial score (nSPS) is 18.8. The Labute approximate surface area is 122 Å². The Morgan fingerprint density at radius 1 is 1.50 bits per heavy atom. The smallest absolute Gasteiger partial charge is 0.352 e. The van der Waals surface area contributed by atoms with Crippen molar-refractivity contribution in [3.8, 4) is 0 Å². The number of rotatable bonds is 4. The summed E-state index contributed by atoms with van der Waals surface area (Å²) in [6.45, 7) is 2.16. The van der Waals surface area contributed by atoms with Gasteiger partial charge in [-0.05, 0) is 53.8 Å². The van der Waals surface area contributed by atoms with Crippen LogP contribution in [0.1, 0.15) is 62.0 Å². The maximum absolute atomic E-state index is 11.3. The molecule has 1 atom stereocenters. The Bertz CT molecular complexity index is 421. The van der Waals surface area contributed by atoms with Gasteiger partial charge in [-0.15, -0.1) is 0 Å². The summed E-state index contributed by atoms with van der Waals surface area (Å²) in [5.74, 6) is -0.169. The van der Waals surface area contributed by atoms with Crippen molar-refractivity contribution >= 4 is 28.6 Å². The molecule has 0 amide bonds. The number of aromatic carboxylic acids is 1. The molecule has 1 unspecified atom stereocenters. The quantitative estimate of drug-likeness (QED) is 0.812. The molecule has 1 aliphatic rings. The summed E-state index contributed by atoms with van der Waals surface area (Å²) in [5, 5.41) is 9.30. The summed E-state index contributed by atoms with van der Waals surface area (Å²) in [7, 11) is 0. The molecule has 1 aromatic heterocycles. The van der Waals surface area contributed by atoms with Gasteiger partial charge in [0.15, 0.2) is 0 Å². The SMILES string of the molecule is CCC(C1CCCCC1)n1cc(I)cc1C(=O)O. The molecule has 0 aromatic carbocycles. The number of hydrogen-bond donors (Lipinski definition) is 1. The van der Waals surface area contributed by atoms with Gasteiger partial charge in [-0.3, -0.25) is 0 Å². The highest BCUT2D eigenvalue weighted by Gasteiger charge is 2.26. The number of carbonyl (C=O) groups is 1. The number of halogens is 1. The van der Waals surface area contributed by atoms with Crippen LogP contribution in [0.4, 0.5) is 0 Å². The molecule has 0 aliphatic heterocycles. The minimum absolute atomic E-state index is 0.347. The van der Waals surface area contributed by atoms with Gasteiger partial charge in [-0.1, -0.05) is 26.2 Å². The third-order valence-corrected chi connectivity index (χ3v) is 4.59. The van der Waals surface area contributed by atoms with Crippen molar-refractivity contribution in [2.45, 2.75) is 51.5 Å². The summed E-state index contributed by atoms with van der Waals surface area (Å²) < 4.78 is 3.01. The number of carboxylic acids is 1. The minimum Gasteiger partial charge on any atom is -0.477 e. The fourth-order valence-electron chi connectivity index (χ4n) is 3.17. The zero-order valence-corrected chi connectivity index (χ0v) is 12.9. The summed E-state index contributed by atoms with van der Waals surface area (Å²) in [6.07, 6.45) is 9.41. The summed E-state index contributed by atoms with van der Waals surface area (Å²) >= 11 is 2.20. The number of aromatic nitrogens is 1. The van der Waals surface area contributed by atoms with E-state index in [1.807, 2.05) is 10.8 Å². The van der Waals surface area contributed by atoms with E-state index >= 15 is 0 Å². The molecule has 1 saturated carbocycles. The second-order valence-corrected chi connectivity index (χ2v) is 6.38. The molecular weight excluding hydrogens is 341 g/mol. The highest BCUT2D eigenvalue weighted by atomic mass is 127. The lowest BCUT2D eigenvalue weighted by atomic mass is 9.82. The van der Waals surface area contributed by atoms with Crippen molar-refractivity contribution in [3.05, 3.63) is 21.5 Å². The van der Waals surface area contributed by atoms with Crippen molar-refractivity contribution in [3.63, 3.8) is 0 Å². The van der Waals surface area contributed by atoms with Crippen LogP contribution in [0.25, 0.3) is 0 Å². The number of hydrogen-bond acceptors (Lipinski definition) is 1.